The molecule has 3 fully saturated rings. The Kier molecular flexibility index (Phi) is 3.79. The zero-order valence-electron chi connectivity index (χ0n) is 13.2. The van der Waals surface area contributed by atoms with Crippen LogP contribution in [0.4, 0.5) is 22.0 Å². The summed E-state index contributed by atoms with van der Waals surface area (Å²) in [6.45, 7) is 0. The van der Waals surface area contributed by atoms with Gasteiger partial charge in [0.25, 0.3) is 0 Å². The second-order valence-electron chi connectivity index (χ2n) is 7.23. The van der Waals surface area contributed by atoms with Crippen LogP contribution in [0.15, 0.2) is 12.1 Å². The van der Waals surface area contributed by atoms with Crippen molar-refractivity contribution in [2.75, 3.05) is 0 Å². The zero-order valence-corrected chi connectivity index (χ0v) is 13.2. The van der Waals surface area contributed by atoms with Crippen LogP contribution >= 0.6 is 0 Å². The van der Waals surface area contributed by atoms with Gasteiger partial charge >= 0.3 is 6.18 Å². The van der Waals surface area contributed by atoms with Crippen LogP contribution in [0.5, 0.6) is 0 Å². The molecule has 0 spiro atoms. The Morgan fingerprint density at radius 3 is 2.44 bits per heavy atom. The first kappa shape index (κ1) is 16.8. The Bertz CT molecular complexity index is 706. The highest BCUT2D eigenvalue weighted by Crippen LogP contribution is 2.44. The number of hydrogen-bond donors (Lipinski definition) is 2. The van der Waals surface area contributed by atoms with Gasteiger partial charge in [0.15, 0.2) is 0 Å². The fraction of sp³-hybridized carbons (Fsp3) is 0.588. The largest absolute Gasteiger partial charge is 0.419 e. The number of amides is 1. The highest BCUT2D eigenvalue weighted by molar-refractivity contribution is 5.83. The van der Waals surface area contributed by atoms with Crippen LogP contribution in [0.3, 0.4) is 0 Å². The molecular formula is C17H17F5N2O. The maximum atomic E-state index is 14.3. The number of piperidine rings is 1. The molecule has 136 valence electrons. The van der Waals surface area contributed by atoms with Crippen LogP contribution in [0.2, 0.25) is 0 Å². The van der Waals surface area contributed by atoms with Crippen molar-refractivity contribution in [3.05, 3.63) is 34.9 Å². The van der Waals surface area contributed by atoms with Crippen molar-refractivity contribution in [1.29, 1.82) is 0 Å². The van der Waals surface area contributed by atoms with E-state index in [9.17, 15) is 26.7 Å². The average molecular weight is 360 g/mol. The van der Waals surface area contributed by atoms with E-state index < -0.39 is 29.4 Å². The summed E-state index contributed by atoms with van der Waals surface area (Å²) in [7, 11) is 0. The molecule has 1 aromatic carbocycles. The Labute approximate surface area is 141 Å². The van der Waals surface area contributed by atoms with Crippen LogP contribution in [0.25, 0.3) is 0 Å². The minimum atomic E-state index is -4.96. The monoisotopic (exact) mass is 360 g/mol. The number of hydrogen-bond acceptors (Lipinski definition) is 2. The number of nitrogens with one attached hydrogen (secondary N) is 2. The lowest BCUT2D eigenvalue weighted by atomic mass is 9.98. The van der Waals surface area contributed by atoms with Gasteiger partial charge in [0.1, 0.15) is 11.6 Å². The maximum absolute atomic E-state index is 14.3. The summed E-state index contributed by atoms with van der Waals surface area (Å²) >= 11 is 0. The topological polar surface area (TPSA) is 41.1 Å². The van der Waals surface area contributed by atoms with Gasteiger partial charge in [-0.05, 0) is 49.7 Å². The van der Waals surface area contributed by atoms with Crippen molar-refractivity contribution < 1.29 is 26.7 Å². The van der Waals surface area contributed by atoms with Crippen LogP contribution in [0, 0.1) is 23.5 Å². The number of benzene rings is 1. The molecular weight excluding hydrogens is 343 g/mol. The minimum absolute atomic E-state index is 0.0782. The zero-order chi connectivity index (χ0) is 17.9. The molecule has 25 heavy (non-hydrogen) atoms. The summed E-state index contributed by atoms with van der Waals surface area (Å²) in [5, 5.41) is 5.89. The maximum Gasteiger partial charge on any atom is 0.419 e. The molecule has 1 amide bonds. The lowest BCUT2D eigenvalue weighted by Gasteiger charge is -2.23. The summed E-state index contributed by atoms with van der Waals surface area (Å²) in [4.78, 5) is 12.4. The molecule has 8 heteroatoms. The summed E-state index contributed by atoms with van der Waals surface area (Å²) in [6, 6.07) is -0.0679. The highest BCUT2D eigenvalue weighted by atomic mass is 19.4. The van der Waals surface area contributed by atoms with Gasteiger partial charge in [-0.2, -0.15) is 13.2 Å². The molecule has 3 nitrogen and oxygen atoms in total. The highest BCUT2D eigenvalue weighted by Gasteiger charge is 2.48. The molecule has 2 N–H and O–H groups in total. The van der Waals surface area contributed by atoms with Gasteiger partial charge < -0.3 is 10.6 Å². The molecule has 2 saturated carbocycles. The Balaban J connectivity index is 1.56. The van der Waals surface area contributed by atoms with Crippen molar-refractivity contribution >= 4 is 5.91 Å². The molecule has 2 aliphatic carbocycles. The smallest absolute Gasteiger partial charge is 0.348 e. The first-order valence-corrected chi connectivity index (χ1v) is 8.36. The Morgan fingerprint density at radius 2 is 1.88 bits per heavy atom. The molecule has 4 rings (SSSR count). The minimum Gasteiger partial charge on any atom is -0.348 e. The van der Waals surface area contributed by atoms with E-state index in [0.717, 1.165) is 19.3 Å². The Morgan fingerprint density at radius 1 is 1.16 bits per heavy atom. The molecule has 0 bridgehead atoms. The van der Waals surface area contributed by atoms with Crippen LogP contribution in [0.1, 0.15) is 42.9 Å². The number of fused-ring (bicyclic) bond motifs is 1. The molecule has 3 aliphatic rings. The number of carbonyl (C=O) groups is 1. The lowest BCUT2D eigenvalue weighted by molar-refractivity contribution is -0.140. The van der Waals surface area contributed by atoms with E-state index in [1.807, 2.05) is 0 Å². The Hall–Kier alpha value is -1.70. The molecule has 1 heterocycles. The molecule has 1 aromatic rings. The van der Waals surface area contributed by atoms with Gasteiger partial charge in [-0.25, -0.2) is 8.78 Å². The third kappa shape index (κ3) is 3.23. The van der Waals surface area contributed by atoms with E-state index in [1.54, 1.807) is 0 Å². The third-order valence-electron chi connectivity index (χ3n) is 5.31. The van der Waals surface area contributed by atoms with E-state index in [2.05, 4.69) is 10.6 Å². The normalized spacial score (nSPS) is 29.2. The fourth-order valence-electron chi connectivity index (χ4n) is 3.67. The third-order valence-corrected chi connectivity index (χ3v) is 5.31. The van der Waals surface area contributed by atoms with Crippen LogP contribution in [-0.4, -0.2) is 18.0 Å². The molecule has 3 unspecified atom stereocenters. The molecule has 0 radical (unpaired) electrons. The van der Waals surface area contributed by atoms with Crippen LogP contribution in [-0.2, 0) is 11.0 Å². The van der Waals surface area contributed by atoms with E-state index in [4.69, 9.17) is 0 Å². The van der Waals surface area contributed by atoms with Crippen LogP contribution < -0.4 is 10.6 Å². The first-order chi connectivity index (χ1) is 11.7. The second-order valence-corrected chi connectivity index (χ2v) is 7.23. The number of carbonyl (C=O) groups excluding carboxylic acids is 1. The van der Waals surface area contributed by atoms with Crippen molar-refractivity contribution in [3.63, 3.8) is 0 Å². The summed E-state index contributed by atoms with van der Waals surface area (Å²) < 4.78 is 66.2. The van der Waals surface area contributed by atoms with Crippen molar-refractivity contribution in [1.82, 2.24) is 10.6 Å². The van der Waals surface area contributed by atoms with Crippen molar-refractivity contribution in [2.45, 2.75) is 50.0 Å². The number of rotatable bonds is 4. The van der Waals surface area contributed by atoms with Gasteiger partial charge in [0, 0.05) is 11.6 Å². The molecule has 1 aliphatic heterocycles. The van der Waals surface area contributed by atoms with E-state index >= 15 is 0 Å². The van der Waals surface area contributed by atoms with Gasteiger partial charge in [-0.1, -0.05) is 0 Å². The van der Waals surface area contributed by atoms with E-state index in [1.165, 1.54) is 0 Å². The second kappa shape index (κ2) is 5.65. The average Bonchev–Trinajstić information content (AvgIpc) is 3.45. The number of alkyl halides is 3. The standard InChI is InChI=1S/C17H17F5N2O/c18-11-6-10(17(20,21)22)12(19)5-9(11)15(7-1-2-7)24-16(25)14-4-8-3-13(8)23-14/h5-8,13-15,23H,1-4H2,(H,24,25)/t8?,13?,14?,15-/m1/s1. The first-order valence-electron chi connectivity index (χ1n) is 8.36. The molecule has 4 atom stereocenters. The van der Waals surface area contributed by atoms with Gasteiger partial charge in [-0.3, -0.25) is 4.79 Å². The molecule has 1 saturated heterocycles. The quantitative estimate of drug-likeness (QED) is 0.809. The van der Waals surface area contributed by atoms with Gasteiger partial charge in [0.2, 0.25) is 5.91 Å². The lowest BCUT2D eigenvalue weighted by Crippen LogP contribution is -2.44. The summed E-state index contributed by atoms with van der Waals surface area (Å²) in [6.07, 6.45) is -1.77. The van der Waals surface area contributed by atoms with E-state index in [-0.39, 0.29) is 29.5 Å². The van der Waals surface area contributed by atoms with Gasteiger partial charge in [0.05, 0.1) is 17.6 Å². The predicted molar refractivity (Wildman–Crippen MR) is 78.4 cm³/mol. The van der Waals surface area contributed by atoms with Crippen molar-refractivity contribution in [2.24, 2.45) is 11.8 Å². The summed E-state index contributed by atoms with van der Waals surface area (Å²) in [5.74, 6) is -2.55. The van der Waals surface area contributed by atoms with Crippen molar-refractivity contribution in [3.8, 4) is 0 Å². The molecule has 0 aromatic heterocycles. The summed E-state index contributed by atoms with van der Waals surface area (Å²) in [5.41, 5.74) is -1.85. The van der Waals surface area contributed by atoms with Gasteiger partial charge in [-0.15, -0.1) is 0 Å². The SMILES string of the molecule is O=C(N[C@@H](c1cc(F)c(C(F)(F)F)cc1F)C1CC1)C1CC2CC2N1. The van der Waals surface area contributed by atoms with E-state index in [0.29, 0.717) is 24.4 Å². The predicted octanol–water partition coefficient (Wildman–Crippen LogP) is 3.30. The fourth-order valence-corrected chi connectivity index (χ4v) is 3.67. The number of halogens is 5.